The van der Waals surface area contributed by atoms with Crippen molar-refractivity contribution in [3.8, 4) is 33.6 Å². The number of rotatable bonds is 6. The fourth-order valence-electron chi connectivity index (χ4n) is 4.52. The SMILES string of the molecule is [2H]C([2H])([2H])Nc1cc(-c2cncc(-c3cnn(C4CCN(C(C)C)CC4)c3)c2)cc(-c2ccccn2)n1. The van der Waals surface area contributed by atoms with E-state index in [1.165, 1.54) is 0 Å². The summed E-state index contributed by atoms with van der Waals surface area (Å²) in [7, 11) is 0. The van der Waals surface area contributed by atoms with Gasteiger partial charge in [-0.25, -0.2) is 4.98 Å². The highest BCUT2D eigenvalue weighted by atomic mass is 15.3. The molecule has 0 amide bonds. The van der Waals surface area contributed by atoms with Gasteiger partial charge in [0.05, 0.1) is 23.6 Å². The number of aromatic nitrogens is 5. The van der Waals surface area contributed by atoms with Crippen LogP contribution in [0.2, 0.25) is 0 Å². The van der Waals surface area contributed by atoms with Crippen molar-refractivity contribution in [1.82, 2.24) is 29.6 Å². The molecule has 0 radical (unpaired) electrons. The van der Waals surface area contributed by atoms with Crippen molar-refractivity contribution in [2.45, 2.75) is 38.8 Å². The van der Waals surface area contributed by atoms with E-state index in [-0.39, 0.29) is 5.82 Å². The van der Waals surface area contributed by atoms with Crippen LogP contribution in [0.15, 0.2) is 67.4 Å². The third kappa shape index (κ3) is 4.70. The van der Waals surface area contributed by atoms with Gasteiger partial charge in [0.1, 0.15) is 5.82 Å². The molecule has 0 aromatic carbocycles. The standard InChI is InChI=1S/C27H31N7/c1-19(2)33-10-7-24(8-11-33)34-18-23(17-31-34)22-12-21(15-29-16-22)20-13-26(32-27(14-20)28-3)25-6-4-5-9-30-25/h4-6,9,12-19,24H,7-8,10-11H2,1-3H3,(H,28,32)/i3D3. The minimum atomic E-state index is -2.37. The lowest BCUT2D eigenvalue weighted by Crippen LogP contribution is -2.39. The molecule has 4 aromatic rings. The molecule has 1 saturated heterocycles. The molecule has 0 spiro atoms. The van der Waals surface area contributed by atoms with Crippen molar-refractivity contribution in [3.63, 3.8) is 0 Å². The molecular weight excluding hydrogens is 422 g/mol. The molecule has 5 heterocycles. The summed E-state index contributed by atoms with van der Waals surface area (Å²) >= 11 is 0. The minimum Gasteiger partial charge on any atom is -0.373 e. The molecule has 0 unspecified atom stereocenters. The molecule has 1 fully saturated rings. The van der Waals surface area contributed by atoms with E-state index in [2.05, 4.69) is 55.0 Å². The Bertz CT molecular complexity index is 1340. The van der Waals surface area contributed by atoms with E-state index in [0.717, 1.165) is 48.2 Å². The summed E-state index contributed by atoms with van der Waals surface area (Å²) in [6.45, 7) is 4.30. The summed E-state index contributed by atoms with van der Waals surface area (Å²) < 4.78 is 25.0. The zero-order chi connectivity index (χ0) is 26.0. The van der Waals surface area contributed by atoms with E-state index in [9.17, 15) is 0 Å². The van der Waals surface area contributed by atoms with Gasteiger partial charge in [0.2, 0.25) is 0 Å². The lowest BCUT2D eigenvalue weighted by molar-refractivity contribution is 0.147. The molecule has 0 aliphatic carbocycles. The first-order chi connectivity index (χ1) is 17.7. The van der Waals surface area contributed by atoms with Gasteiger partial charge >= 0.3 is 0 Å². The molecule has 1 aliphatic rings. The van der Waals surface area contributed by atoms with E-state index in [1.54, 1.807) is 18.5 Å². The topological polar surface area (TPSA) is 71.8 Å². The Morgan fingerprint density at radius 2 is 1.79 bits per heavy atom. The highest BCUT2D eigenvalue weighted by molar-refractivity contribution is 5.75. The maximum atomic E-state index is 7.63. The molecule has 174 valence electrons. The molecule has 7 heteroatoms. The van der Waals surface area contributed by atoms with E-state index in [1.807, 2.05) is 42.7 Å². The number of anilines is 1. The Hall–Kier alpha value is -3.58. The zero-order valence-electron chi connectivity index (χ0n) is 22.5. The minimum absolute atomic E-state index is 0.254. The third-order valence-corrected chi connectivity index (χ3v) is 6.49. The lowest BCUT2D eigenvalue weighted by atomic mass is 10.0. The first-order valence-corrected chi connectivity index (χ1v) is 11.7. The predicted octanol–water partition coefficient (Wildman–Crippen LogP) is 5.16. The van der Waals surface area contributed by atoms with Gasteiger partial charge in [0.15, 0.2) is 0 Å². The molecule has 7 nitrogen and oxygen atoms in total. The Labute approximate surface area is 205 Å². The number of pyridine rings is 3. The summed E-state index contributed by atoms with van der Waals surface area (Å²) in [4.78, 5) is 15.9. The number of hydrogen-bond donors (Lipinski definition) is 1. The van der Waals surface area contributed by atoms with E-state index in [0.29, 0.717) is 23.5 Å². The van der Waals surface area contributed by atoms with Crippen molar-refractivity contribution in [1.29, 1.82) is 0 Å². The number of nitrogens with zero attached hydrogens (tertiary/aromatic N) is 6. The van der Waals surface area contributed by atoms with Crippen molar-refractivity contribution in [3.05, 3.63) is 67.4 Å². The van der Waals surface area contributed by atoms with Crippen LogP contribution in [-0.4, -0.2) is 55.7 Å². The summed E-state index contributed by atoms with van der Waals surface area (Å²) in [5.74, 6) is 0.254. The van der Waals surface area contributed by atoms with Crippen LogP contribution in [0.3, 0.4) is 0 Å². The summed E-state index contributed by atoms with van der Waals surface area (Å²) in [6.07, 6.45) is 11.5. The Balaban J connectivity index is 1.44. The number of piperidine rings is 1. The molecule has 4 aromatic heterocycles. The molecule has 0 atom stereocenters. The van der Waals surface area contributed by atoms with Crippen LogP contribution in [0.25, 0.3) is 33.6 Å². The van der Waals surface area contributed by atoms with E-state index in [4.69, 9.17) is 4.11 Å². The molecule has 0 saturated carbocycles. The monoisotopic (exact) mass is 456 g/mol. The second-order valence-electron chi connectivity index (χ2n) is 9.00. The van der Waals surface area contributed by atoms with Crippen molar-refractivity contribution < 1.29 is 4.11 Å². The Morgan fingerprint density at radius 1 is 0.971 bits per heavy atom. The molecule has 5 rings (SSSR count). The van der Waals surface area contributed by atoms with Gasteiger partial charge in [-0.2, -0.15) is 5.10 Å². The second-order valence-corrected chi connectivity index (χ2v) is 9.00. The summed E-state index contributed by atoms with van der Waals surface area (Å²) in [5, 5.41) is 7.20. The van der Waals surface area contributed by atoms with Gasteiger partial charge in [-0.05, 0) is 62.6 Å². The average Bonchev–Trinajstić information content (AvgIpc) is 3.39. The van der Waals surface area contributed by atoms with Crippen LogP contribution in [0.1, 0.15) is 36.8 Å². The third-order valence-electron chi connectivity index (χ3n) is 6.49. The first kappa shape index (κ1) is 18.8. The van der Waals surface area contributed by atoms with Crippen LogP contribution in [-0.2, 0) is 0 Å². The van der Waals surface area contributed by atoms with Gasteiger partial charge in [-0.15, -0.1) is 0 Å². The largest absolute Gasteiger partial charge is 0.373 e. The number of nitrogens with one attached hydrogen (secondary N) is 1. The van der Waals surface area contributed by atoms with Crippen molar-refractivity contribution in [2.75, 3.05) is 25.4 Å². The fourth-order valence-corrected chi connectivity index (χ4v) is 4.52. The molecule has 1 aliphatic heterocycles. The van der Waals surface area contributed by atoms with Crippen LogP contribution in [0.5, 0.6) is 0 Å². The van der Waals surface area contributed by atoms with Gasteiger partial charge in [0, 0.05) is 71.7 Å². The van der Waals surface area contributed by atoms with Crippen LogP contribution < -0.4 is 5.32 Å². The highest BCUT2D eigenvalue weighted by Gasteiger charge is 2.22. The first-order valence-electron chi connectivity index (χ1n) is 13.2. The Morgan fingerprint density at radius 3 is 2.53 bits per heavy atom. The highest BCUT2D eigenvalue weighted by Crippen LogP contribution is 2.30. The maximum absolute atomic E-state index is 7.63. The smallest absolute Gasteiger partial charge is 0.127 e. The van der Waals surface area contributed by atoms with Gasteiger partial charge < -0.3 is 10.2 Å². The van der Waals surface area contributed by atoms with Crippen LogP contribution >= 0.6 is 0 Å². The van der Waals surface area contributed by atoms with Crippen molar-refractivity contribution in [2.24, 2.45) is 0 Å². The molecule has 1 N–H and O–H groups in total. The predicted molar refractivity (Wildman–Crippen MR) is 136 cm³/mol. The van der Waals surface area contributed by atoms with Crippen LogP contribution in [0, 0.1) is 0 Å². The summed E-state index contributed by atoms with van der Waals surface area (Å²) in [6, 6.07) is 12.2. The fraction of sp³-hybridized carbons (Fsp3) is 0.333. The van der Waals surface area contributed by atoms with E-state index >= 15 is 0 Å². The zero-order valence-corrected chi connectivity index (χ0v) is 19.5. The molecular formula is C27H31N7. The number of likely N-dealkylation sites (tertiary alicyclic amines) is 1. The van der Waals surface area contributed by atoms with Gasteiger partial charge in [-0.3, -0.25) is 14.6 Å². The van der Waals surface area contributed by atoms with E-state index < -0.39 is 6.98 Å². The number of hydrogen-bond acceptors (Lipinski definition) is 6. The normalized spacial score (nSPS) is 16.7. The quantitative estimate of drug-likeness (QED) is 0.432. The van der Waals surface area contributed by atoms with Crippen LogP contribution in [0.4, 0.5) is 5.82 Å². The van der Waals surface area contributed by atoms with Gasteiger partial charge in [-0.1, -0.05) is 6.07 Å². The Kier molecular flexibility index (Phi) is 5.38. The van der Waals surface area contributed by atoms with Crippen molar-refractivity contribution >= 4 is 5.82 Å². The average molecular weight is 457 g/mol. The second kappa shape index (κ2) is 9.73. The molecule has 0 bridgehead atoms. The van der Waals surface area contributed by atoms with Gasteiger partial charge in [0.25, 0.3) is 0 Å². The summed E-state index contributed by atoms with van der Waals surface area (Å²) in [5.41, 5.74) is 4.84. The lowest BCUT2D eigenvalue weighted by Gasteiger charge is -2.34. The molecule has 34 heavy (non-hydrogen) atoms. The maximum Gasteiger partial charge on any atom is 0.127 e.